The van der Waals surface area contributed by atoms with Crippen LogP contribution in [0.1, 0.15) is 18.4 Å². The van der Waals surface area contributed by atoms with Crippen LogP contribution in [0, 0.1) is 0 Å². The Morgan fingerprint density at radius 3 is 2.69 bits per heavy atom. The van der Waals surface area contributed by atoms with E-state index in [0.717, 1.165) is 24.2 Å². The summed E-state index contributed by atoms with van der Waals surface area (Å²) in [7, 11) is 0. The molecule has 0 radical (unpaired) electrons. The Bertz CT molecular complexity index is 906. The summed E-state index contributed by atoms with van der Waals surface area (Å²) in [6, 6.07) is 12.6. The van der Waals surface area contributed by atoms with E-state index in [0.29, 0.717) is 28.5 Å². The number of hydrogen-bond acceptors (Lipinski definition) is 3. The Kier molecular flexibility index (Phi) is 4.39. The molecule has 4 rings (SSSR count). The maximum atomic E-state index is 12.5. The van der Waals surface area contributed by atoms with E-state index in [1.54, 1.807) is 41.3 Å². The van der Waals surface area contributed by atoms with E-state index in [1.165, 1.54) is 0 Å². The SMILES string of the molecule is O=C(Nc1ccc(N2CCCC2=O)cc1)C1=Cc2cc(Cl)ccc2OC1. The van der Waals surface area contributed by atoms with Crippen molar-refractivity contribution in [1.82, 2.24) is 0 Å². The summed E-state index contributed by atoms with van der Waals surface area (Å²) in [4.78, 5) is 26.1. The summed E-state index contributed by atoms with van der Waals surface area (Å²) in [6.45, 7) is 0.956. The molecule has 2 aliphatic rings. The Morgan fingerprint density at radius 2 is 1.96 bits per heavy atom. The van der Waals surface area contributed by atoms with Crippen LogP contribution in [0.5, 0.6) is 5.75 Å². The van der Waals surface area contributed by atoms with Gasteiger partial charge < -0.3 is 15.0 Å². The number of halogens is 1. The van der Waals surface area contributed by atoms with Crippen LogP contribution in [0.3, 0.4) is 0 Å². The number of nitrogens with one attached hydrogen (secondary N) is 1. The lowest BCUT2D eigenvalue weighted by Crippen LogP contribution is -2.23. The van der Waals surface area contributed by atoms with E-state index in [2.05, 4.69) is 5.32 Å². The number of anilines is 2. The smallest absolute Gasteiger partial charge is 0.255 e. The van der Waals surface area contributed by atoms with Crippen LogP contribution in [0.4, 0.5) is 11.4 Å². The molecule has 2 heterocycles. The molecule has 132 valence electrons. The van der Waals surface area contributed by atoms with Gasteiger partial charge in [0.1, 0.15) is 12.4 Å². The number of amides is 2. The highest BCUT2D eigenvalue weighted by molar-refractivity contribution is 6.30. The van der Waals surface area contributed by atoms with Crippen molar-refractivity contribution in [2.45, 2.75) is 12.8 Å². The lowest BCUT2D eigenvalue weighted by Gasteiger charge is -2.18. The Balaban J connectivity index is 1.47. The molecule has 0 atom stereocenters. The molecule has 1 fully saturated rings. The van der Waals surface area contributed by atoms with E-state index in [1.807, 2.05) is 12.1 Å². The Labute approximate surface area is 156 Å². The normalized spacial score (nSPS) is 16.0. The maximum absolute atomic E-state index is 12.5. The lowest BCUT2D eigenvalue weighted by atomic mass is 10.1. The molecular formula is C20H17ClN2O3. The first-order valence-electron chi connectivity index (χ1n) is 8.45. The number of rotatable bonds is 3. The van der Waals surface area contributed by atoms with Crippen LogP contribution in [0.2, 0.25) is 5.02 Å². The van der Waals surface area contributed by atoms with Gasteiger partial charge in [0.25, 0.3) is 5.91 Å². The first kappa shape index (κ1) is 16.7. The number of hydrogen-bond donors (Lipinski definition) is 1. The molecule has 6 heteroatoms. The van der Waals surface area contributed by atoms with Crippen molar-refractivity contribution in [3.8, 4) is 5.75 Å². The average Bonchev–Trinajstić information content (AvgIpc) is 3.07. The highest BCUT2D eigenvalue weighted by Crippen LogP contribution is 2.29. The average molecular weight is 369 g/mol. The summed E-state index contributed by atoms with van der Waals surface area (Å²) in [5.41, 5.74) is 2.84. The predicted molar refractivity (Wildman–Crippen MR) is 102 cm³/mol. The number of ether oxygens (including phenoxy) is 1. The number of benzene rings is 2. The van der Waals surface area contributed by atoms with Gasteiger partial charge in [0.2, 0.25) is 5.91 Å². The second-order valence-electron chi connectivity index (χ2n) is 6.29. The zero-order chi connectivity index (χ0) is 18.1. The monoisotopic (exact) mass is 368 g/mol. The number of nitrogens with zero attached hydrogens (tertiary/aromatic N) is 1. The van der Waals surface area contributed by atoms with Crippen molar-refractivity contribution < 1.29 is 14.3 Å². The minimum atomic E-state index is -0.222. The third-order valence-corrected chi connectivity index (χ3v) is 4.72. The van der Waals surface area contributed by atoms with Crippen molar-refractivity contribution in [2.75, 3.05) is 23.4 Å². The molecule has 0 aliphatic carbocycles. The number of fused-ring (bicyclic) bond motifs is 1. The third kappa shape index (κ3) is 3.30. The molecule has 5 nitrogen and oxygen atoms in total. The highest BCUT2D eigenvalue weighted by atomic mass is 35.5. The van der Waals surface area contributed by atoms with Gasteiger partial charge in [0, 0.05) is 34.9 Å². The van der Waals surface area contributed by atoms with Crippen LogP contribution in [-0.4, -0.2) is 25.0 Å². The number of carbonyl (C=O) groups excluding carboxylic acids is 2. The van der Waals surface area contributed by atoms with Crippen molar-refractivity contribution in [3.05, 3.63) is 58.6 Å². The van der Waals surface area contributed by atoms with Gasteiger partial charge in [0.05, 0.1) is 5.57 Å². The third-order valence-electron chi connectivity index (χ3n) is 4.49. The van der Waals surface area contributed by atoms with Crippen LogP contribution >= 0.6 is 11.6 Å². The largest absolute Gasteiger partial charge is 0.488 e. The fraction of sp³-hybridized carbons (Fsp3) is 0.200. The topological polar surface area (TPSA) is 58.6 Å². The van der Waals surface area contributed by atoms with Crippen molar-refractivity contribution in [2.24, 2.45) is 0 Å². The van der Waals surface area contributed by atoms with E-state index in [4.69, 9.17) is 16.3 Å². The molecule has 2 amide bonds. The van der Waals surface area contributed by atoms with Crippen LogP contribution < -0.4 is 15.0 Å². The lowest BCUT2D eigenvalue weighted by molar-refractivity contribution is -0.117. The van der Waals surface area contributed by atoms with E-state index < -0.39 is 0 Å². The molecule has 2 aliphatic heterocycles. The molecule has 0 bridgehead atoms. The standard InChI is InChI=1S/C20H17ClN2O3/c21-15-3-8-18-13(11-15)10-14(12-26-18)20(25)22-16-4-6-17(7-5-16)23-9-1-2-19(23)24/h3-8,10-11H,1-2,9,12H2,(H,22,25). The summed E-state index contributed by atoms with van der Waals surface area (Å²) < 4.78 is 5.62. The van der Waals surface area contributed by atoms with E-state index in [9.17, 15) is 9.59 Å². The number of carbonyl (C=O) groups is 2. The summed E-state index contributed by atoms with van der Waals surface area (Å²) >= 11 is 6.00. The molecule has 26 heavy (non-hydrogen) atoms. The predicted octanol–water partition coefficient (Wildman–Crippen LogP) is 3.88. The zero-order valence-electron chi connectivity index (χ0n) is 14.0. The molecule has 0 saturated carbocycles. The first-order valence-corrected chi connectivity index (χ1v) is 8.83. The van der Waals surface area contributed by atoms with Gasteiger partial charge in [-0.1, -0.05) is 11.6 Å². The Morgan fingerprint density at radius 1 is 1.15 bits per heavy atom. The van der Waals surface area contributed by atoms with Gasteiger partial charge in [-0.15, -0.1) is 0 Å². The van der Waals surface area contributed by atoms with Gasteiger partial charge in [-0.05, 0) is 55.0 Å². The zero-order valence-corrected chi connectivity index (χ0v) is 14.8. The van der Waals surface area contributed by atoms with Crippen LogP contribution in [-0.2, 0) is 9.59 Å². The molecule has 0 unspecified atom stereocenters. The van der Waals surface area contributed by atoms with Gasteiger partial charge in [-0.3, -0.25) is 9.59 Å². The van der Waals surface area contributed by atoms with Crippen LogP contribution in [0.25, 0.3) is 6.08 Å². The van der Waals surface area contributed by atoms with Gasteiger partial charge in [0.15, 0.2) is 0 Å². The van der Waals surface area contributed by atoms with Gasteiger partial charge in [-0.25, -0.2) is 0 Å². The Hall–Kier alpha value is -2.79. The summed E-state index contributed by atoms with van der Waals surface area (Å²) in [6.07, 6.45) is 3.27. The fourth-order valence-corrected chi connectivity index (χ4v) is 3.32. The molecule has 0 aromatic heterocycles. The quantitative estimate of drug-likeness (QED) is 0.894. The minimum absolute atomic E-state index is 0.142. The van der Waals surface area contributed by atoms with Crippen molar-refractivity contribution in [3.63, 3.8) is 0 Å². The van der Waals surface area contributed by atoms with Crippen molar-refractivity contribution in [1.29, 1.82) is 0 Å². The summed E-state index contributed by atoms with van der Waals surface area (Å²) in [5, 5.41) is 3.46. The second-order valence-corrected chi connectivity index (χ2v) is 6.73. The van der Waals surface area contributed by atoms with Gasteiger partial charge >= 0.3 is 0 Å². The first-order chi connectivity index (χ1) is 12.6. The molecule has 1 saturated heterocycles. The highest BCUT2D eigenvalue weighted by Gasteiger charge is 2.22. The second kappa shape index (κ2) is 6.84. The van der Waals surface area contributed by atoms with Crippen LogP contribution in [0.15, 0.2) is 48.0 Å². The molecule has 0 spiro atoms. The van der Waals surface area contributed by atoms with E-state index in [-0.39, 0.29) is 18.4 Å². The molecular weight excluding hydrogens is 352 g/mol. The summed E-state index contributed by atoms with van der Waals surface area (Å²) in [5.74, 6) is 0.634. The van der Waals surface area contributed by atoms with E-state index >= 15 is 0 Å². The minimum Gasteiger partial charge on any atom is -0.488 e. The maximum Gasteiger partial charge on any atom is 0.255 e. The fourth-order valence-electron chi connectivity index (χ4n) is 3.14. The molecule has 1 N–H and O–H groups in total. The molecule has 2 aromatic rings. The molecule has 2 aromatic carbocycles. The van der Waals surface area contributed by atoms with Gasteiger partial charge in [-0.2, -0.15) is 0 Å². The van der Waals surface area contributed by atoms with Crippen molar-refractivity contribution >= 4 is 40.9 Å².